The Labute approximate surface area is 141 Å². The van der Waals surface area contributed by atoms with E-state index in [1.54, 1.807) is 11.3 Å². The molecule has 0 aliphatic rings. The molecule has 0 saturated carbocycles. The van der Waals surface area contributed by atoms with E-state index in [2.05, 4.69) is 46.9 Å². The molecule has 0 radical (unpaired) electrons. The predicted molar refractivity (Wildman–Crippen MR) is 95.8 cm³/mol. The van der Waals surface area contributed by atoms with Crippen molar-refractivity contribution in [2.75, 3.05) is 7.05 Å². The molecule has 1 unspecified atom stereocenters. The molecule has 0 aliphatic carbocycles. The Morgan fingerprint density at radius 1 is 1.09 bits per heavy atom. The lowest BCUT2D eigenvalue weighted by Crippen LogP contribution is -2.11. The van der Waals surface area contributed by atoms with E-state index < -0.39 is 0 Å². The monoisotopic (exact) mass is 324 g/mol. The van der Waals surface area contributed by atoms with Crippen LogP contribution in [0.2, 0.25) is 0 Å². The van der Waals surface area contributed by atoms with Crippen molar-refractivity contribution in [2.24, 2.45) is 0 Å². The summed E-state index contributed by atoms with van der Waals surface area (Å²) in [6, 6.07) is 18.6. The minimum absolute atomic E-state index is 0.280. The van der Waals surface area contributed by atoms with E-state index in [-0.39, 0.29) is 6.04 Å². The second kappa shape index (κ2) is 7.40. The topological polar surface area (TPSA) is 34.2 Å². The normalized spacial score (nSPS) is 12.1. The maximum Gasteiger partial charge on any atom is 0.119 e. The van der Waals surface area contributed by atoms with Crippen LogP contribution in [0.3, 0.4) is 0 Å². The lowest BCUT2D eigenvalue weighted by Gasteiger charge is -2.07. The average Bonchev–Trinajstić information content (AvgIpc) is 3.11. The summed E-state index contributed by atoms with van der Waals surface area (Å²) in [7, 11) is 1.95. The van der Waals surface area contributed by atoms with E-state index in [1.807, 2.05) is 37.4 Å². The van der Waals surface area contributed by atoms with Gasteiger partial charge in [-0.3, -0.25) is 0 Å². The molecular formula is C19H20N2OS. The number of hydrogen-bond donors (Lipinski definition) is 1. The van der Waals surface area contributed by atoms with Gasteiger partial charge in [0.15, 0.2) is 0 Å². The molecule has 3 aromatic rings. The first-order valence-corrected chi connectivity index (χ1v) is 8.54. The number of nitrogens with zero attached hydrogens (tertiary/aromatic N) is 1. The van der Waals surface area contributed by atoms with Gasteiger partial charge in [-0.05, 0) is 43.8 Å². The molecule has 0 aliphatic heterocycles. The SMILES string of the molecule is CNC(C)c1nc(-c2ccc(OCc3ccccc3)cc2)cs1. The maximum atomic E-state index is 5.82. The number of thiazole rings is 1. The van der Waals surface area contributed by atoms with Crippen molar-refractivity contribution in [2.45, 2.75) is 19.6 Å². The van der Waals surface area contributed by atoms with Crippen molar-refractivity contribution >= 4 is 11.3 Å². The van der Waals surface area contributed by atoms with Gasteiger partial charge in [0.05, 0.1) is 11.7 Å². The zero-order chi connectivity index (χ0) is 16.1. The summed E-state index contributed by atoms with van der Waals surface area (Å²) in [5, 5.41) is 6.42. The van der Waals surface area contributed by atoms with Gasteiger partial charge >= 0.3 is 0 Å². The number of hydrogen-bond acceptors (Lipinski definition) is 4. The van der Waals surface area contributed by atoms with Crippen LogP contribution in [0.15, 0.2) is 60.0 Å². The van der Waals surface area contributed by atoms with Crippen molar-refractivity contribution in [3.8, 4) is 17.0 Å². The molecule has 0 fully saturated rings. The number of benzene rings is 2. The van der Waals surface area contributed by atoms with Crippen molar-refractivity contribution in [1.29, 1.82) is 0 Å². The fourth-order valence-corrected chi connectivity index (χ4v) is 3.10. The van der Waals surface area contributed by atoms with Crippen LogP contribution in [0.25, 0.3) is 11.3 Å². The van der Waals surface area contributed by atoms with Crippen molar-refractivity contribution in [3.63, 3.8) is 0 Å². The maximum absolute atomic E-state index is 5.82. The Balaban J connectivity index is 1.66. The molecule has 118 valence electrons. The fraction of sp³-hybridized carbons (Fsp3) is 0.211. The van der Waals surface area contributed by atoms with E-state index in [4.69, 9.17) is 4.74 Å². The smallest absolute Gasteiger partial charge is 0.119 e. The molecule has 4 heteroatoms. The molecule has 0 spiro atoms. The van der Waals surface area contributed by atoms with Crippen LogP contribution in [-0.4, -0.2) is 12.0 Å². The molecule has 3 rings (SSSR count). The molecule has 2 aromatic carbocycles. The number of rotatable bonds is 6. The molecular weight excluding hydrogens is 304 g/mol. The second-order valence-corrected chi connectivity index (χ2v) is 6.27. The van der Waals surface area contributed by atoms with Crippen LogP contribution in [0, 0.1) is 0 Å². The molecule has 0 saturated heterocycles. The van der Waals surface area contributed by atoms with Crippen molar-refractivity contribution in [3.05, 3.63) is 70.5 Å². The van der Waals surface area contributed by atoms with Gasteiger partial charge in [-0.2, -0.15) is 0 Å². The van der Waals surface area contributed by atoms with E-state index in [9.17, 15) is 0 Å². The molecule has 23 heavy (non-hydrogen) atoms. The van der Waals surface area contributed by atoms with Crippen LogP contribution in [-0.2, 0) is 6.61 Å². The predicted octanol–water partition coefficient (Wildman–Crippen LogP) is 4.67. The van der Waals surface area contributed by atoms with Gasteiger partial charge in [-0.1, -0.05) is 30.3 Å². The highest BCUT2D eigenvalue weighted by molar-refractivity contribution is 7.10. The van der Waals surface area contributed by atoms with E-state index >= 15 is 0 Å². The molecule has 3 nitrogen and oxygen atoms in total. The Morgan fingerprint density at radius 3 is 2.52 bits per heavy atom. The Hall–Kier alpha value is -2.17. The fourth-order valence-electron chi connectivity index (χ4n) is 2.21. The molecule has 1 N–H and O–H groups in total. The summed E-state index contributed by atoms with van der Waals surface area (Å²) in [5.74, 6) is 0.872. The van der Waals surface area contributed by atoms with Crippen LogP contribution >= 0.6 is 11.3 Å². The van der Waals surface area contributed by atoms with Gasteiger partial charge in [0.1, 0.15) is 17.4 Å². The van der Waals surface area contributed by atoms with Gasteiger partial charge < -0.3 is 10.1 Å². The van der Waals surface area contributed by atoms with Crippen molar-refractivity contribution in [1.82, 2.24) is 10.3 Å². The van der Waals surface area contributed by atoms with E-state index in [1.165, 1.54) is 5.56 Å². The Bertz CT molecular complexity index is 738. The number of aromatic nitrogens is 1. The second-order valence-electron chi connectivity index (χ2n) is 5.38. The summed E-state index contributed by atoms with van der Waals surface area (Å²) in [5.41, 5.74) is 3.30. The highest BCUT2D eigenvalue weighted by Crippen LogP contribution is 2.27. The van der Waals surface area contributed by atoms with Crippen molar-refractivity contribution < 1.29 is 4.74 Å². The lowest BCUT2D eigenvalue weighted by atomic mass is 10.1. The molecule has 1 heterocycles. The van der Waals surface area contributed by atoms with Gasteiger partial charge in [0.25, 0.3) is 0 Å². The quantitative estimate of drug-likeness (QED) is 0.715. The standard InChI is InChI=1S/C19H20N2OS/c1-14(20-2)19-21-18(13-23-19)16-8-10-17(11-9-16)22-12-15-6-4-3-5-7-15/h3-11,13-14,20H,12H2,1-2H3. The highest BCUT2D eigenvalue weighted by Gasteiger charge is 2.09. The van der Waals surface area contributed by atoms with Gasteiger partial charge in [0, 0.05) is 10.9 Å². The number of ether oxygens (including phenoxy) is 1. The van der Waals surface area contributed by atoms with Gasteiger partial charge in [0.2, 0.25) is 0 Å². The van der Waals surface area contributed by atoms with Crippen LogP contribution in [0.4, 0.5) is 0 Å². The zero-order valence-electron chi connectivity index (χ0n) is 13.3. The Morgan fingerprint density at radius 2 is 1.83 bits per heavy atom. The van der Waals surface area contributed by atoms with Crippen LogP contribution < -0.4 is 10.1 Å². The van der Waals surface area contributed by atoms with Crippen LogP contribution in [0.1, 0.15) is 23.5 Å². The summed E-state index contributed by atoms with van der Waals surface area (Å²) >= 11 is 1.68. The molecule has 1 atom stereocenters. The third kappa shape index (κ3) is 3.97. The highest BCUT2D eigenvalue weighted by atomic mass is 32.1. The third-order valence-electron chi connectivity index (χ3n) is 3.72. The first-order chi connectivity index (χ1) is 11.3. The number of nitrogens with one attached hydrogen (secondary N) is 1. The summed E-state index contributed by atoms with van der Waals surface area (Å²) < 4.78 is 5.82. The molecule has 0 amide bonds. The van der Waals surface area contributed by atoms with Gasteiger partial charge in [-0.15, -0.1) is 11.3 Å². The largest absolute Gasteiger partial charge is 0.489 e. The van der Waals surface area contributed by atoms with Crippen LogP contribution in [0.5, 0.6) is 5.75 Å². The minimum Gasteiger partial charge on any atom is -0.489 e. The first-order valence-electron chi connectivity index (χ1n) is 7.66. The summed E-state index contributed by atoms with van der Waals surface area (Å²) in [6.45, 7) is 2.70. The zero-order valence-corrected chi connectivity index (χ0v) is 14.1. The lowest BCUT2D eigenvalue weighted by molar-refractivity contribution is 0.306. The van der Waals surface area contributed by atoms with E-state index in [0.717, 1.165) is 22.0 Å². The summed E-state index contributed by atoms with van der Waals surface area (Å²) in [6.07, 6.45) is 0. The third-order valence-corrected chi connectivity index (χ3v) is 4.75. The molecule has 0 bridgehead atoms. The average molecular weight is 324 g/mol. The van der Waals surface area contributed by atoms with E-state index in [0.29, 0.717) is 6.61 Å². The summed E-state index contributed by atoms with van der Waals surface area (Å²) in [4.78, 5) is 4.69. The Kier molecular flexibility index (Phi) is 5.05. The van der Waals surface area contributed by atoms with Gasteiger partial charge in [-0.25, -0.2) is 4.98 Å². The minimum atomic E-state index is 0.280. The molecule has 1 aromatic heterocycles. The first kappa shape index (κ1) is 15.7.